The third-order valence-corrected chi connectivity index (χ3v) is 7.29. The van der Waals surface area contributed by atoms with Gasteiger partial charge in [0.05, 0.1) is 5.52 Å². The van der Waals surface area contributed by atoms with Gasteiger partial charge in [-0.05, 0) is 37.0 Å². The Morgan fingerprint density at radius 3 is 2.61 bits per heavy atom. The second-order valence-corrected chi connectivity index (χ2v) is 9.61. The quantitative estimate of drug-likeness (QED) is 0.465. The summed E-state index contributed by atoms with van der Waals surface area (Å²) >= 11 is 0. The maximum absolute atomic E-state index is 5.01. The minimum absolute atomic E-state index is 0.458. The number of piperazine rings is 1. The number of fused-ring (bicyclic) bond motifs is 3. The highest BCUT2D eigenvalue weighted by Gasteiger charge is 2.44. The highest BCUT2D eigenvalue weighted by molar-refractivity contribution is 5.91. The first kappa shape index (κ1) is 19.1. The van der Waals surface area contributed by atoms with Crippen molar-refractivity contribution in [1.29, 1.82) is 0 Å². The summed E-state index contributed by atoms with van der Waals surface area (Å²) in [6, 6.07) is 22.1. The molecule has 1 aliphatic carbocycles. The molecule has 33 heavy (non-hydrogen) atoms. The van der Waals surface area contributed by atoms with Gasteiger partial charge in [-0.25, -0.2) is 4.98 Å². The van der Waals surface area contributed by atoms with E-state index in [1.54, 1.807) is 0 Å². The summed E-state index contributed by atoms with van der Waals surface area (Å²) in [4.78, 5) is 15.0. The Balaban J connectivity index is 1.15. The van der Waals surface area contributed by atoms with Crippen molar-refractivity contribution in [2.45, 2.75) is 43.8 Å². The summed E-state index contributed by atoms with van der Waals surface area (Å²) in [7, 11) is 0. The number of rotatable bonds is 6. The molecule has 2 atom stereocenters. The summed E-state index contributed by atoms with van der Waals surface area (Å²) < 4.78 is 0. The van der Waals surface area contributed by atoms with Crippen molar-refractivity contribution in [3.63, 3.8) is 0 Å². The molecule has 7 nitrogen and oxygen atoms in total. The summed E-state index contributed by atoms with van der Waals surface area (Å²) in [6.45, 7) is 3.05. The topological polar surface area (TPSA) is 73.0 Å². The van der Waals surface area contributed by atoms with E-state index in [1.165, 1.54) is 30.5 Å². The third-order valence-electron chi connectivity index (χ3n) is 7.29. The highest BCUT2D eigenvalue weighted by Crippen LogP contribution is 2.40. The predicted molar refractivity (Wildman–Crippen MR) is 130 cm³/mol. The summed E-state index contributed by atoms with van der Waals surface area (Å²) in [5, 5.41) is 12.1. The van der Waals surface area contributed by atoms with Gasteiger partial charge in [-0.15, -0.1) is 0 Å². The predicted octanol–water partition coefficient (Wildman–Crippen LogP) is 4.44. The Kier molecular flexibility index (Phi) is 4.36. The molecule has 2 N–H and O–H groups in total. The zero-order chi connectivity index (χ0) is 21.8. The van der Waals surface area contributed by atoms with E-state index >= 15 is 0 Å². The number of aromatic amines is 1. The van der Waals surface area contributed by atoms with Gasteiger partial charge in [-0.2, -0.15) is 10.1 Å². The molecule has 2 aromatic carbocycles. The number of para-hydroxylation sites is 1. The van der Waals surface area contributed by atoms with Crippen molar-refractivity contribution < 1.29 is 0 Å². The van der Waals surface area contributed by atoms with Crippen LogP contribution in [0.4, 0.5) is 17.6 Å². The number of likely N-dealkylation sites (tertiary alicyclic amines) is 1. The first-order chi connectivity index (χ1) is 16.3. The molecule has 7 heteroatoms. The number of hydrogen-bond donors (Lipinski definition) is 2. The molecule has 0 radical (unpaired) electrons. The molecule has 3 fully saturated rings. The Morgan fingerprint density at radius 2 is 1.79 bits per heavy atom. The molecule has 2 unspecified atom stereocenters. The van der Waals surface area contributed by atoms with E-state index in [9.17, 15) is 0 Å². The second-order valence-electron chi connectivity index (χ2n) is 9.61. The first-order valence-electron chi connectivity index (χ1n) is 11.9. The number of anilines is 3. The zero-order valence-electron chi connectivity index (χ0n) is 18.5. The monoisotopic (exact) mass is 437 g/mol. The Bertz CT molecular complexity index is 1300. The Labute approximate surface area is 192 Å². The maximum Gasteiger partial charge on any atom is 0.228 e. The largest absolute Gasteiger partial charge is 0.335 e. The van der Waals surface area contributed by atoms with Gasteiger partial charge in [0.15, 0.2) is 5.82 Å². The molecule has 1 saturated carbocycles. The van der Waals surface area contributed by atoms with Crippen LogP contribution in [0.5, 0.6) is 0 Å². The summed E-state index contributed by atoms with van der Waals surface area (Å²) in [6.07, 6.45) is 3.68. The fourth-order valence-electron chi connectivity index (χ4n) is 5.42. The molecule has 166 valence electrons. The smallest absolute Gasteiger partial charge is 0.228 e. The van der Waals surface area contributed by atoms with Crippen molar-refractivity contribution in [2.24, 2.45) is 0 Å². The lowest BCUT2D eigenvalue weighted by Crippen LogP contribution is -2.46. The molecule has 2 aromatic heterocycles. The molecule has 0 spiro atoms. The lowest BCUT2D eigenvalue weighted by atomic mass is 10.2. The average Bonchev–Trinajstić information content (AvgIpc) is 3.27. The van der Waals surface area contributed by atoms with Crippen molar-refractivity contribution in [2.75, 3.05) is 23.3 Å². The number of hydrogen-bond acceptors (Lipinski definition) is 6. The molecule has 4 heterocycles. The van der Waals surface area contributed by atoms with E-state index in [2.05, 4.69) is 73.8 Å². The highest BCUT2D eigenvalue weighted by atomic mass is 15.4. The van der Waals surface area contributed by atoms with E-state index in [0.29, 0.717) is 18.0 Å². The van der Waals surface area contributed by atoms with Gasteiger partial charge in [-0.1, -0.05) is 42.5 Å². The van der Waals surface area contributed by atoms with E-state index in [4.69, 9.17) is 9.97 Å². The van der Waals surface area contributed by atoms with Crippen LogP contribution in [-0.2, 0) is 6.54 Å². The number of nitrogens with zero attached hydrogens (tertiary/aromatic N) is 5. The Hall–Kier alpha value is -3.45. The van der Waals surface area contributed by atoms with Crippen LogP contribution in [0.2, 0.25) is 0 Å². The van der Waals surface area contributed by atoms with Gasteiger partial charge >= 0.3 is 0 Å². The van der Waals surface area contributed by atoms with Crippen LogP contribution >= 0.6 is 0 Å². The average molecular weight is 438 g/mol. The van der Waals surface area contributed by atoms with E-state index in [0.717, 1.165) is 48.1 Å². The standard InChI is InChI=1S/C26H27N7/c1-2-6-17(7-3-1)14-32-15-20-12-19(32)16-33(20)26-27-22-9-5-4-8-21(22)25(29-26)28-24-13-23(30-31-24)18-10-11-18/h1-9,13,18-20H,10-12,14-16H2,(H2,27,28,29,30,31). The molecule has 0 amide bonds. The molecule has 2 bridgehead atoms. The summed E-state index contributed by atoms with van der Waals surface area (Å²) in [5.74, 6) is 3.11. The number of benzene rings is 2. The molecule has 2 aliphatic heterocycles. The van der Waals surface area contributed by atoms with Gasteiger partial charge in [-0.3, -0.25) is 10.00 Å². The van der Waals surface area contributed by atoms with Gasteiger partial charge in [0, 0.05) is 54.8 Å². The van der Waals surface area contributed by atoms with Crippen LogP contribution in [0.25, 0.3) is 10.9 Å². The number of nitrogens with one attached hydrogen (secondary N) is 2. The molecular weight excluding hydrogens is 410 g/mol. The minimum Gasteiger partial charge on any atom is -0.335 e. The van der Waals surface area contributed by atoms with Gasteiger partial charge in [0.25, 0.3) is 0 Å². The lowest BCUT2D eigenvalue weighted by Gasteiger charge is -2.34. The third kappa shape index (κ3) is 3.53. The SMILES string of the molecule is c1ccc(CN2CC3CC2CN3c2nc(Nc3cc(C4CC4)[nH]n3)c3ccccc3n2)cc1. The molecule has 2 saturated heterocycles. The molecule has 3 aliphatic rings. The number of H-pyrrole nitrogens is 1. The molecule has 4 aromatic rings. The van der Waals surface area contributed by atoms with Crippen molar-refractivity contribution >= 4 is 28.5 Å². The van der Waals surface area contributed by atoms with Crippen LogP contribution in [0.1, 0.15) is 36.4 Å². The lowest BCUT2D eigenvalue weighted by molar-refractivity contribution is 0.229. The summed E-state index contributed by atoms with van der Waals surface area (Å²) in [5.41, 5.74) is 3.56. The fourth-order valence-corrected chi connectivity index (χ4v) is 5.42. The van der Waals surface area contributed by atoms with Crippen LogP contribution in [0.3, 0.4) is 0 Å². The van der Waals surface area contributed by atoms with Gasteiger partial charge < -0.3 is 10.2 Å². The van der Waals surface area contributed by atoms with Crippen LogP contribution in [0.15, 0.2) is 60.7 Å². The fraction of sp³-hybridized carbons (Fsp3) is 0.346. The molecular formula is C26H27N7. The first-order valence-corrected chi connectivity index (χ1v) is 11.9. The minimum atomic E-state index is 0.458. The van der Waals surface area contributed by atoms with E-state index in [1.807, 2.05) is 12.1 Å². The normalized spacial score (nSPS) is 22.4. The molecule has 7 rings (SSSR count). The van der Waals surface area contributed by atoms with E-state index < -0.39 is 0 Å². The van der Waals surface area contributed by atoms with E-state index in [-0.39, 0.29) is 0 Å². The maximum atomic E-state index is 5.01. The van der Waals surface area contributed by atoms with Gasteiger partial charge in [0.2, 0.25) is 5.95 Å². The van der Waals surface area contributed by atoms with Crippen LogP contribution in [-0.4, -0.2) is 50.2 Å². The Morgan fingerprint density at radius 1 is 0.939 bits per heavy atom. The van der Waals surface area contributed by atoms with Gasteiger partial charge in [0.1, 0.15) is 5.82 Å². The van der Waals surface area contributed by atoms with Crippen molar-refractivity contribution in [3.8, 4) is 0 Å². The van der Waals surface area contributed by atoms with Crippen molar-refractivity contribution in [3.05, 3.63) is 71.9 Å². The van der Waals surface area contributed by atoms with Crippen LogP contribution in [0, 0.1) is 0 Å². The number of aromatic nitrogens is 4. The zero-order valence-corrected chi connectivity index (χ0v) is 18.5. The van der Waals surface area contributed by atoms with Crippen molar-refractivity contribution in [1.82, 2.24) is 25.1 Å². The van der Waals surface area contributed by atoms with Crippen LogP contribution < -0.4 is 10.2 Å². The second kappa shape index (κ2) is 7.56.